The number of fused-ring (bicyclic) bond motifs is 1. The third-order valence-corrected chi connectivity index (χ3v) is 6.85. The number of rotatable bonds is 6. The number of aliphatic hydroxyl groups is 1. The average Bonchev–Trinajstić information content (AvgIpc) is 3.48. The first-order chi connectivity index (χ1) is 17.8. The molecule has 192 valence electrons. The number of para-hydroxylation sites is 1. The van der Waals surface area contributed by atoms with E-state index in [9.17, 15) is 19.1 Å². The quantitative estimate of drug-likeness (QED) is 0.413. The number of nitrogens with one attached hydrogen (secondary N) is 1. The highest BCUT2D eigenvalue weighted by molar-refractivity contribution is 6.09. The largest absolute Gasteiger partial charge is 0.494 e. The Morgan fingerprint density at radius 1 is 1.24 bits per heavy atom. The lowest BCUT2D eigenvalue weighted by Gasteiger charge is -2.28. The molecule has 0 spiro atoms. The lowest BCUT2D eigenvalue weighted by Crippen LogP contribution is -2.34. The molecular weight excluding hydrogens is 479 g/mol. The summed E-state index contributed by atoms with van der Waals surface area (Å²) in [6.07, 6.45) is 2.96. The average molecular weight is 507 g/mol. The third kappa shape index (κ3) is 4.10. The van der Waals surface area contributed by atoms with Crippen LogP contribution in [-0.4, -0.2) is 56.6 Å². The third-order valence-electron chi connectivity index (χ3n) is 6.85. The van der Waals surface area contributed by atoms with Gasteiger partial charge < -0.3 is 24.6 Å². The van der Waals surface area contributed by atoms with E-state index < -0.39 is 17.3 Å². The van der Waals surface area contributed by atoms with Crippen LogP contribution < -0.4 is 20.5 Å². The molecule has 1 fully saturated rings. The molecule has 0 bridgehead atoms. The molecule has 11 heteroatoms. The Balaban J connectivity index is 1.59. The maximum atomic E-state index is 14.6. The highest BCUT2D eigenvalue weighted by atomic mass is 19.1. The summed E-state index contributed by atoms with van der Waals surface area (Å²) in [6, 6.07) is 8.93. The molecule has 10 nitrogen and oxygen atoms in total. The minimum absolute atomic E-state index is 0.0326. The van der Waals surface area contributed by atoms with Crippen molar-refractivity contribution in [2.24, 2.45) is 7.05 Å². The summed E-state index contributed by atoms with van der Waals surface area (Å²) in [7, 11) is 3.27. The van der Waals surface area contributed by atoms with Crippen molar-refractivity contribution >= 4 is 28.3 Å². The molecule has 37 heavy (non-hydrogen) atoms. The van der Waals surface area contributed by atoms with Crippen LogP contribution in [0.25, 0.3) is 16.7 Å². The van der Waals surface area contributed by atoms with Gasteiger partial charge in [-0.2, -0.15) is 9.78 Å². The molecule has 4 aromatic rings. The molecule has 2 N–H and O–H groups in total. The summed E-state index contributed by atoms with van der Waals surface area (Å²) in [5.74, 6) is -0.483. The Morgan fingerprint density at radius 3 is 2.81 bits per heavy atom. The van der Waals surface area contributed by atoms with Gasteiger partial charge in [0.2, 0.25) is 0 Å². The van der Waals surface area contributed by atoms with Crippen LogP contribution >= 0.6 is 0 Å². The first kappa shape index (κ1) is 24.4. The van der Waals surface area contributed by atoms with Gasteiger partial charge in [-0.1, -0.05) is 6.07 Å². The molecule has 0 unspecified atom stereocenters. The van der Waals surface area contributed by atoms with Gasteiger partial charge in [0.05, 0.1) is 36.6 Å². The minimum Gasteiger partial charge on any atom is -0.494 e. The van der Waals surface area contributed by atoms with Crippen LogP contribution in [0, 0.1) is 12.7 Å². The highest BCUT2D eigenvalue weighted by Gasteiger charge is 2.30. The summed E-state index contributed by atoms with van der Waals surface area (Å²) >= 11 is 0. The van der Waals surface area contributed by atoms with E-state index in [0.29, 0.717) is 23.4 Å². The van der Waals surface area contributed by atoms with Crippen molar-refractivity contribution in [3.63, 3.8) is 0 Å². The van der Waals surface area contributed by atoms with Crippen molar-refractivity contribution in [3.8, 4) is 11.4 Å². The standard InChI is InChI=1S/C26H27FN6O4/c1-15-29-22-20(31(15)2)10-9-19(24(22)32-13-5-6-16(32)14-34)30-25(35)17-11-12-28-33(26(17)36)23-18(27)7-4-8-21(23)37-3/h4,7-12,16,34H,5-6,13-14H2,1-3H3,(H,30,35)/t16-/m1/s1. The van der Waals surface area contributed by atoms with Gasteiger partial charge in [-0.25, -0.2) is 9.37 Å². The van der Waals surface area contributed by atoms with Crippen LogP contribution in [0.3, 0.4) is 0 Å². The molecule has 1 aliphatic heterocycles. The maximum absolute atomic E-state index is 14.6. The zero-order valence-electron chi connectivity index (χ0n) is 20.7. The summed E-state index contributed by atoms with van der Waals surface area (Å²) in [6.45, 7) is 2.55. The van der Waals surface area contributed by atoms with Gasteiger partial charge in [-0.05, 0) is 50.1 Å². The van der Waals surface area contributed by atoms with Crippen LogP contribution in [0.4, 0.5) is 15.8 Å². The Morgan fingerprint density at radius 2 is 2.05 bits per heavy atom. The molecule has 0 saturated carbocycles. The van der Waals surface area contributed by atoms with Crippen LogP contribution in [0.2, 0.25) is 0 Å². The normalized spacial score (nSPS) is 15.4. The molecule has 0 radical (unpaired) electrons. The van der Waals surface area contributed by atoms with Crippen molar-refractivity contribution in [2.45, 2.75) is 25.8 Å². The number of hydrogen-bond donors (Lipinski definition) is 2. The Kier molecular flexibility index (Phi) is 6.38. The monoisotopic (exact) mass is 506 g/mol. The Bertz CT molecular complexity index is 1560. The van der Waals surface area contributed by atoms with Gasteiger partial charge in [0.15, 0.2) is 5.82 Å². The zero-order valence-corrected chi connectivity index (χ0v) is 20.7. The van der Waals surface area contributed by atoms with Gasteiger partial charge in [-0.15, -0.1) is 0 Å². The fourth-order valence-electron chi connectivity index (χ4n) is 4.87. The zero-order chi connectivity index (χ0) is 26.3. The number of carbonyl (C=O) groups excluding carboxylic acids is 1. The SMILES string of the molecule is COc1cccc(F)c1-n1nccc(C(=O)Nc2ccc3c(nc(C)n3C)c2N2CCC[C@@H]2CO)c1=O. The fraction of sp³-hybridized carbons (Fsp3) is 0.308. The van der Waals surface area contributed by atoms with E-state index in [1.54, 1.807) is 6.07 Å². The van der Waals surface area contributed by atoms with Gasteiger partial charge in [0.25, 0.3) is 11.5 Å². The summed E-state index contributed by atoms with van der Waals surface area (Å²) in [4.78, 5) is 33.5. The van der Waals surface area contributed by atoms with Gasteiger partial charge in [-0.3, -0.25) is 9.59 Å². The van der Waals surface area contributed by atoms with E-state index in [-0.39, 0.29) is 29.6 Å². The molecule has 1 saturated heterocycles. The smallest absolute Gasteiger partial charge is 0.284 e. The number of amides is 1. The van der Waals surface area contributed by atoms with Crippen molar-refractivity contribution < 1.29 is 19.0 Å². The molecule has 2 aromatic heterocycles. The number of methoxy groups -OCH3 is 1. The molecule has 0 aliphatic carbocycles. The lowest BCUT2D eigenvalue weighted by atomic mass is 10.1. The Hall–Kier alpha value is -4.25. The van der Waals surface area contributed by atoms with Crippen LogP contribution in [0.1, 0.15) is 29.0 Å². The van der Waals surface area contributed by atoms with Crippen LogP contribution in [0.15, 0.2) is 47.4 Å². The number of nitrogens with zero attached hydrogens (tertiary/aromatic N) is 5. The van der Waals surface area contributed by atoms with Gasteiger partial charge in [0.1, 0.15) is 28.3 Å². The topological polar surface area (TPSA) is 115 Å². The van der Waals surface area contributed by atoms with E-state index in [1.165, 1.54) is 37.6 Å². The van der Waals surface area contributed by atoms with Crippen LogP contribution in [-0.2, 0) is 7.05 Å². The van der Waals surface area contributed by atoms with E-state index in [4.69, 9.17) is 9.72 Å². The first-order valence-electron chi connectivity index (χ1n) is 11.9. The predicted octanol–water partition coefficient (Wildman–Crippen LogP) is 2.79. The number of anilines is 2. The van der Waals surface area contributed by atoms with Crippen molar-refractivity contribution in [2.75, 3.05) is 30.5 Å². The number of imidazole rings is 1. The second-order valence-electron chi connectivity index (χ2n) is 8.93. The first-order valence-corrected chi connectivity index (χ1v) is 11.9. The summed E-state index contributed by atoms with van der Waals surface area (Å²) in [5, 5.41) is 16.8. The molecule has 1 aliphatic rings. The molecule has 2 aromatic carbocycles. The lowest BCUT2D eigenvalue weighted by molar-refractivity contribution is 0.102. The number of aliphatic hydroxyl groups excluding tert-OH is 1. The summed E-state index contributed by atoms with van der Waals surface area (Å²) in [5.41, 5.74) is 1.53. The number of benzene rings is 2. The number of aromatic nitrogens is 4. The Labute approximate surface area is 211 Å². The fourth-order valence-corrected chi connectivity index (χ4v) is 4.87. The van der Waals surface area contributed by atoms with E-state index in [1.807, 2.05) is 24.6 Å². The van der Waals surface area contributed by atoms with E-state index >= 15 is 0 Å². The molecule has 5 rings (SSSR count). The number of halogens is 1. The maximum Gasteiger partial charge on any atom is 0.284 e. The molecule has 3 heterocycles. The molecule has 1 amide bonds. The second-order valence-corrected chi connectivity index (χ2v) is 8.93. The summed E-state index contributed by atoms with van der Waals surface area (Å²) < 4.78 is 22.6. The minimum atomic E-state index is -0.797. The van der Waals surface area contributed by atoms with Crippen molar-refractivity contribution in [1.82, 2.24) is 19.3 Å². The predicted molar refractivity (Wildman–Crippen MR) is 137 cm³/mol. The van der Waals surface area contributed by atoms with E-state index in [0.717, 1.165) is 28.9 Å². The number of hydrogen-bond acceptors (Lipinski definition) is 7. The molecule has 1 atom stereocenters. The van der Waals surface area contributed by atoms with Gasteiger partial charge >= 0.3 is 0 Å². The van der Waals surface area contributed by atoms with Gasteiger partial charge in [0, 0.05) is 19.8 Å². The molecular formula is C26H27FN6O4. The highest BCUT2D eigenvalue weighted by Crippen LogP contribution is 2.38. The number of aryl methyl sites for hydroxylation is 2. The van der Waals surface area contributed by atoms with E-state index in [2.05, 4.69) is 15.3 Å². The van der Waals surface area contributed by atoms with Crippen molar-refractivity contribution in [3.05, 3.63) is 70.2 Å². The second kappa shape index (κ2) is 9.66. The number of ether oxygens (including phenoxy) is 1. The van der Waals surface area contributed by atoms with Crippen molar-refractivity contribution in [1.29, 1.82) is 0 Å². The van der Waals surface area contributed by atoms with Crippen LogP contribution in [0.5, 0.6) is 5.75 Å². The number of carbonyl (C=O) groups is 1.